The molecule has 2 rings (SSSR count). The molecule has 0 heterocycles. The van der Waals surface area contributed by atoms with Gasteiger partial charge in [0.2, 0.25) is 0 Å². The van der Waals surface area contributed by atoms with Crippen molar-refractivity contribution >= 4 is 23.6 Å². The van der Waals surface area contributed by atoms with E-state index in [-0.39, 0.29) is 28.1 Å². The second-order valence-corrected chi connectivity index (χ2v) is 6.92. The van der Waals surface area contributed by atoms with E-state index in [1.54, 1.807) is 6.92 Å². The largest absolute Gasteiger partial charge is 0.452 e. The van der Waals surface area contributed by atoms with Crippen LogP contribution in [0.15, 0.2) is 29.2 Å². The van der Waals surface area contributed by atoms with Crippen molar-refractivity contribution in [1.82, 2.24) is 5.32 Å². The van der Waals surface area contributed by atoms with Crippen molar-refractivity contribution in [3.8, 4) is 6.07 Å². The second-order valence-electron chi connectivity index (χ2n) is 5.78. The molecule has 0 unspecified atom stereocenters. The molecule has 25 heavy (non-hydrogen) atoms. The van der Waals surface area contributed by atoms with Crippen molar-refractivity contribution in [1.29, 1.82) is 5.26 Å². The number of benzene rings is 1. The Balaban J connectivity index is 1.85. The molecule has 0 spiro atoms. The number of halogens is 3. The van der Waals surface area contributed by atoms with Crippen LogP contribution in [0.1, 0.15) is 30.1 Å². The Morgan fingerprint density at radius 2 is 1.92 bits per heavy atom. The lowest BCUT2D eigenvalue weighted by atomic mass is 9.98. The lowest BCUT2D eigenvalue weighted by Gasteiger charge is -2.22. The van der Waals surface area contributed by atoms with E-state index in [1.165, 1.54) is 12.1 Å². The SMILES string of the molecule is C[C@](C#N)(NC(=O)COC(=O)c1ccc(SC(F)(F)F)cc1)C1CC1. The fraction of sp³-hybridized carbons (Fsp3) is 0.438. The summed E-state index contributed by atoms with van der Waals surface area (Å²) in [4.78, 5) is 23.6. The van der Waals surface area contributed by atoms with Gasteiger partial charge in [0, 0.05) is 4.90 Å². The van der Waals surface area contributed by atoms with E-state index in [4.69, 9.17) is 10.00 Å². The summed E-state index contributed by atoms with van der Waals surface area (Å²) in [7, 11) is 0. The standard InChI is InChI=1S/C16H15F3N2O3S/c1-15(9-20,11-4-5-11)21-13(22)8-24-14(23)10-2-6-12(7-3-10)25-16(17,18)19/h2-3,6-7,11H,4-5,8H2,1H3,(H,21,22)/t15-/m1/s1. The van der Waals surface area contributed by atoms with Crippen LogP contribution in [-0.4, -0.2) is 29.5 Å². The molecule has 1 aromatic rings. The Morgan fingerprint density at radius 3 is 2.40 bits per heavy atom. The molecular formula is C16H15F3N2O3S. The lowest BCUT2D eigenvalue weighted by Crippen LogP contribution is -2.48. The summed E-state index contributed by atoms with van der Waals surface area (Å²) in [5.41, 5.74) is -5.36. The zero-order valence-electron chi connectivity index (χ0n) is 13.2. The van der Waals surface area contributed by atoms with E-state index in [9.17, 15) is 22.8 Å². The molecule has 1 aromatic carbocycles. The first-order valence-corrected chi connectivity index (χ1v) is 8.20. The van der Waals surface area contributed by atoms with E-state index in [0.29, 0.717) is 0 Å². The van der Waals surface area contributed by atoms with Crippen LogP contribution < -0.4 is 5.32 Å². The van der Waals surface area contributed by atoms with Gasteiger partial charge in [-0.3, -0.25) is 4.79 Å². The van der Waals surface area contributed by atoms with Crippen molar-refractivity contribution in [2.45, 2.75) is 35.7 Å². The molecule has 0 radical (unpaired) electrons. The van der Waals surface area contributed by atoms with E-state index in [2.05, 4.69) is 5.32 Å². The van der Waals surface area contributed by atoms with Crippen LogP contribution >= 0.6 is 11.8 Å². The minimum atomic E-state index is -4.41. The summed E-state index contributed by atoms with van der Waals surface area (Å²) in [6.45, 7) is 1.04. The average Bonchev–Trinajstić information content (AvgIpc) is 3.37. The minimum absolute atomic E-state index is 0.0320. The number of carbonyl (C=O) groups excluding carboxylic acids is 2. The molecule has 1 saturated carbocycles. The number of ether oxygens (including phenoxy) is 1. The lowest BCUT2D eigenvalue weighted by molar-refractivity contribution is -0.125. The molecule has 0 saturated heterocycles. The third kappa shape index (κ3) is 5.67. The molecule has 1 N–H and O–H groups in total. The Kier molecular flexibility index (Phi) is 5.62. The number of hydrogen-bond acceptors (Lipinski definition) is 5. The number of alkyl halides is 3. The van der Waals surface area contributed by atoms with Gasteiger partial charge in [0.05, 0.1) is 11.6 Å². The van der Waals surface area contributed by atoms with Gasteiger partial charge in [-0.1, -0.05) is 0 Å². The first-order valence-electron chi connectivity index (χ1n) is 7.38. The number of nitrogens with zero attached hydrogens (tertiary/aromatic N) is 1. The van der Waals surface area contributed by atoms with Crippen LogP contribution in [0.4, 0.5) is 13.2 Å². The highest BCUT2D eigenvalue weighted by molar-refractivity contribution is 8.00. The first-order chi connectivity index (χ1) is 11.6. The molecule has 134 valence electrons. The van der Waals surface area contributed by atoms with Crippen LogP contribution in [0.3, 0.4) is 0 Å². The minimum Gasteiger partial charge on any atom is -0.452 e. The van der Waals surface area contributed by atoms with Crippen LogP contribution in [0.25, 0.3) is 0 Å². The highest BCUT2D eigenvalue weighted by atomic mass is 32.2. The highest BCUT2D eigenvalue weighted by Crippen LogP contribution is 2.39. The van der Waals surface area contributed by atoms with Gasteiger partial charge in [-0.05, 0) is 61.7 Å². The molecule has 1 fully saturated rings. The van der Waals surface area contributed by atoms with Crippen LogP contribution in [-0.2, 0) is 9.53 Å². The molecule has 5 nitrogen and oxygen atoms in total. The summed E-state index contributed by atoms with van der Waals surface area (Å²) >= 11 is -0.290. The Bertz CT molecular complexity index is 696. The number of carbonyl (C=O) groups is 2. The zero-order valence-corrected chi connectivity index (χ0v) is 14.0. The normalized spacial score (nSPS) is 16.4. The van der Waals surface area contributed by atoms with Gasteiger partial charge < -0.3 is 10.1 Å². The van der Waals surface area contributed by atoms with Gasteiger partial charge >= 0.3 is 11.5 Å². The quantitative estimate of drug-likeness (QED) is 0.612. The van der Waals surface area contributed by atoms with Gasteiger partial charge in [0.15, 0.2) is 6.61 Å². The summed E-state index contributed by atoms with van der Waals surface area (Å²) in [5, 5.41) is 11.7. The molecule has 1 aliphatic rings. The van der Waals surface area contributed by atoms with Gasteiger partial charge in [0.25, 0.3) is 5.91 Å². The first kappa shape index (κ1) is 19.1. The number of amides is 1. The van der Waals surface area contributed by atoms with Gasteiger partial charge in [-0.15, -0.1) is 0 Å². The monoisotopic (exact) mass is 372 g/mol. The van der Waals surface area contributed by atoms with Crippen LogP contribution in [0.2, 0.25) is 0 Å². The predicted octanol–water partition coefficient (Wildman–Crippen LogP) is 3.26. The van der Waals surface area contributed by atoms with E-state index >= 15 is 0 Å². The van der Waals surface area contributed by atoms with Crippen molar-refractivity contribution in [2.24, 2.45) is 5.92 Å². The molecule has 1 atom stereocenters. The maximum absolute atomic E-state index is 12.2. The Labute approximate surface area is 146 Å². The number of nitriles is 1. The van der Waals surface area contributed by atoms with Gasteiger partial charge in [-0.25, -0.2) is 4.79 Å². The summed E-state index contributed by atoms with van der Waals surface area (Å²) < 4.78 is 41.6. The number of hydrogen-bond donors (Lipinski definition) is 1. The Hall–Kier alpha value is -2.21. The fourth-order valence-electron chi connectivity index (χ4n) is 2.21. The number of rotatable bonds is 6. The fourth-order valence-corrected chi connectivity index (χ4v) is 2.75. The molecule has 9 heteroatoms. The maximum Gasteiger partial charge on any atom is 0.446 e. The number of esters is 1. The molecule has 0 aromatic heterocycles. The van der Waals surface area contributed by atoms with Crippen molar-refractivity contribution in [3.63, 3.8) is 0 Å². The molecular weight excluding hydrogens is 357 g/mol. The van der Waals surface area contributed by atoms with E-state index in [1.807, 2.05) is 6.07 Å². The van der Waals surface area contributed by atoms with E-state index < -0.39 is 29.5 Å². The third-order valence-corrected chi connectivity index (χ3v) is 4.42. The van der Waals surface area contributed by atoms with E-state index in [0.717, 1.165) is 25.0 Å². The van der Waals surface area contributed by atoms with Gasteiger partial charge in [-0.2, -0.15) is 18.4 Å². The molecule has 1 amide bonds. The zero-order chi connectivity index (χ0) is 18.7. The molecule has 0 aliphatic heterocycles. The summed E-state index contributed by atoms with van der Waals surface area (Å²) in [6, 6.07) is 6.73. The van der Waals surface area contributed by atoms with Crippen LogP contribution in [0, 0.1) is 17.2 Å². The summed E-state index contributed by atoms with van der Waals surface area (Å²) in [6.07, 6.45) is 1.71. The number of nitrogens with one attached hydrogen (secondary N) is 1. The maximum atomic E-state index is 12.2. The third-order valence-electron chi connectivity index (χ3n) is 3.68. The van der Waals surface area contributed by atoms with Crippen molar-refractivity contribution in [3.05, 3.63) is 29.8 Å². The summed E-state index contributed by atoms with van der Waals surface area (Å²) in [5.74, 6) is -1.34. The number of thioether (sulfide) groups is 1. The van der Waals surface area contributed by atoms with Gasteiger partial charge in [0.1, 0.15) is 5.54 Å². The topological polar surface area (TPSA) is 79.2 Å². The van der Waals surface area contributed by atoms with Crippen LogP contribution in [0.5, 0.6) is 0 Å². The molecule has 0 bridgehead atoms. The predicted molar refractivity (Wildman–Crippen MR) is 83.5 cm³/mol. The smallest absolute Gasteiger partial charge is 0.446 e. The highest BCUT2D eigenvalue weighted by Gasteiger charge is 2.43. The second kappa shape index (κ2) is 7.35. The molecule has 1 aliphatic carbocycles. The van der Waals surface area contributed by atoms with Crippen molar-refractivity contribution < 1.29 is 27.5 Å². The van der Waals surface area contributed by atoms with Crippen molar-refractivity contribution in [2.75, 3.05) is 6.61 Å². The average molecular weight is 372 g/mol. The Morgan fingerprint density at radius 1 is 1.32 bits per heavy atom.